The standard InChI is InChI=1S/C40H30N4O6S/c45-38(29-14-8-3-9-15-29)43-35(26-33-22-25-36(50-33)27-10-4-1-5-11-27)39(46)41-31-18-23-34(24-19-31)51-37(28-12-6-2-7-13-28)40(47)42-30-16-20-32(21-17-30)44(48)49/h1-26,37H,(H,41,46)(H,42,47)(H,43,45)/b35-26-/t37-/m1/s1. The second-order valence-electron chi connectivity index (χ2n) is 11.1. The summed E-state index contributed by atoms with van der Waals surface area (Å²) in [6.07, 6.45) is 1.47. The van der Waals surface area contributed by atoms with Gasteiger partial charge in [0.1, 0.15) is 22.5 Å². The van der Waals surface area contributed by atoms with Gasteiger partial charge in [-0.25, -0.2) is 0 Å². The maximum Gasteiger partial charge on any atom is 0.272 e. The number of carbonyl (C=O) groups excluding carboxylic acids is 3. The summed E-state index contributed by atoms with van der Waals surface area (Å²) in [6.45, 7) is 0. The van der Waals surface area contributed by atoms with Crippen molar-refractivity contribution in [3.05, 3.63) is 184 Å². The molecule has 3 N–H and O–H groups in total. The van der Waals surface area contributed by atoms with Gasteiger partial charge in [-0.1, -0.05) is 78.9 Å². The lowest BCUT2D eigenvalue weighted by molar-refractivity contribution is -0.384. The Balaban J connectivity index is 1.19. The molecule has 6 aromatic rings. The van der Waals surface area contributed by atoms with Crippen LogP contribution in [0.15, 0.2) is 167 Å². The van der Waals surface area contributed by atoms with E-state index in [1.807, 2.05) is 60.7 Å². The fraction of sp³-hybridized carbons (Fsp3) is 0.0250. The Morgan fingerprint density at radius 1 is 0.686 bits per heavy atom. The zero-order chi connectivity index (χ0) is 35.6. The van der Waals surface area contributed by atoms with Gasteiger partial charge in [-0.15, -0.1) is 11.8 Å². The van der Waals surface area contributed by atoms with Gasteiger partial charge in [0.2, 0.25) is 5.91 Å². The number of benzene rings is 5. The number of nitro groups is 1. The van der Waals surface area contributed by atoms with E-state index in [1.54, 1.807) is 66.7 Å². The summed E-state index contributed by atoms with van der Waals surface area (Å²) in [6, 6.07) is 43.4. The highest BCUT2D eigenvalue weighted by Gasteiger charge is 2.23. The number of non-ortho nitro benzene ring substituents is 1. The summed E-state index contributed by atoms with van der Waals surface area (Å²) in [5.41, 5.74) is 2.80. The third kappa shape index (κ3) is 9.05. The third-order valence-electron chi connectivity index (χ3n) is 7.55. The van der Waals surface area contributed by atoms with E-state index in [2.05, 4.69) is 16.0 Å². The molecule has 10 nitrogen and oxygen atoms in total. The fourth-order valence-corrected chi connectivity index (χ4v) is 6.02. The number of thioether (sulfide) groups is 1. The average Bonchev–Trinajstić information content (AvgIpc) is 3.64. The quantitative estimate of drug-likeness (QED) is 0.0503. The number of hydrogen-bond acceptors (Lipinski definition) is 7. The van der Waals surface area contributed by atoms with Gasteiger partial charge in [-0.3, -0.25) is 24.5 Å². The molecular weight excluding hydrogens is 665 g/mol. The lowest BCUT2D eigenvalue weighted by Crippen LogP contribution is -2.30. The molecule has 0 bridgehead atoms. The zero-order valence-electron chi connectivity index (χ0n) is 26.9. The molecule has 0 unspecified atom stereocenters. The number of carbonyl (C=O) groups is 3. The Bertz CT molecular complexity index is 2170. The molecular formula is C40H30N4O6S. The maximum absolute atomic E-state index is 13.6. The number of anilines is 2. The number of hydrogen-bond donors (Lipinski definition) is 3. The summed E-state index contributed by atoms with van der Waals surface area (Å²) in [7, 11) is 0. The van der Waals surface area contributed by atoms with Crippen LogP contribution >= 0.6 is 11.8 Å². The number of rotatable bonds is 12. The maximum atomic E-state index is 13.6. The van der Waals surface area contributed by atoms with E-state index in [9.17, 15) is 24.5 Å². The predicted molar refractivity (Wildman–Crippen MR) is 198 cm³/mol. The first-order chi connectivity index (χ1) is 24.8. The molecule has 3 amide bonds. The van der Waals surface area contributed by atoms with Crippen LogP contribution in [0.25, 0.3) is 17.4 Å². The van der Waals surface area contributed by atoms with Crippen molar-refractivity contribution >= 4 is 52.6 Å². The molecule has 0 aliphatic rings. The van der Waals surface area contributed by atoms with E-state index >= 15 is 0 Å². The van der Waals surface area contributed by atoms with Crippen molar-refractivity contribution in [1.29, 1.82) is 0 Å². The zero-order valence-corrected chi connectivity index (χ0v) is 27.7. The van der Waals surface area contributed by atoms with E-state index in [0.717, 1.165) is 16.0 Å². The summed E-state index contributed by atoms with van der Waals surface area (Å²) in [5, 5.41) is 18.8. The largest absolute Gasteiger partial charge is 0.457 e. The molecule has 11 heteroatoms. The second-order valence-corrected chi connectivity index (χ2v) is 12.3. The lowest BCUT2D eigenvalue weighted by Gasteiger charge is -2.17. The highest BCUT2D eigenvalue weighted by Crippen LogP contribution is 2.37. The highest BCUT2D eigenvalue weighted by atomic mass is 32.2. The number of nitrogens with one attached hydrogen (secondary N) is 3. The van der Waals surface area contributed by atoms with E-state index in [-0.39, 0.29) is 17.3 Å². The molecule has 6 rings (SSSR count). The highest BCUT2D eigenvalue weighted by molar-refractivity contribution is 8.00. The summed E-state index contributed by atoms with van der Waals surface area (Å²) >= 11 is 1.31. The smallest absolute Gasteiger partial charge is 0.272 e. The SMILES string of the molecule is O=C(Nc1ccc(S[C@@H](C(=O)Nc2ccc([N+](=O)[O-])cc2)c2ccccc2)cc1)/C(=C/c1ccc(-c2ccccc2)o1)NC(=O)c1ccccc1. The first kappa shape index (κ1) is 34.2. The first-order valence-electron chi connectivity index (χ1n) is 15.7. The van der Waals surface area contributed by atoms with Crippen molar-refractivity contribution in [2.45, 2.75) is 10.1 Å². The minimum atomic E-state index is -0.654. The van der Waals surface area contributed by atoms with Gasteiger partial charge in [0.25, 0.3) is 17.5 Å². The number of nitrogens with zero attached hydrogens (tertiary/aromatic N) is 1. The van der Waals surface area contributed by atoms with Crippen LogP contribution in [0, 0.1) is 10.1 Å². The van der Waals surface area contributed by atoms with Crippen molar-refractivity contribution in [3.63, 3.8) is 0 Å². The molecule has 1 aromatic heterocycles. The van der Waals surface area contributed by atoms with Gasteiger partial charge < -0.3 is 20.4 Å². The van der Waals surface area contributed by atoms with Crippen LogP contribution in [0.2, 0.25) is 0 Å². The van der Waals surface area contributed by atoms with E-state index < -0.39 is 22.0 Å². The van der Waals surface area contributed by atoms with Gasteiger partial charge in [0, 0.05) is 45.6 Å². The topological polar surface area (TPSA) is 144 Å². The summed E-state index contributed by atoms with van der Waals surface area (Å²) < 4.78 is 5.98. The number of furan rings is 1. The molecule has 0 spiro atoms. The van der Waals surface area contributed by atoms with Crippen LogP contribution in [0.1, 0.15) is 26.9 Å². The van der Waals surface area contributed by atoms with Gasteiger partial charge in [-0.05, 0) is 66.2 Å². The molecule has 0 saturated heterocycles. The molecule has 252 valence electrons. The van der Waals surface area contributed by atoms with E-state index in [1.165, 1.54) is 42.1 Å². The summed E-state index contributed by atoms with van der Waals surface area (Å²) in [5.74, 6) is -0.355. The number of amides is 3. The molecule has 0 saturated carbocycles. The Hall–Kier alpha value is -6.72. The van der Waals surface area contributed by atoms with Crippen molar-refractivity contribution < 1.29 is 23.7 Å². The van der Waals surface area contributed by atoms with Crippen LogP contribution in [0.4, 0.5) is 17.1 Å². The van der Waals surface area contributed by atoms with Crippen LogP contribution < -0.4 is 16.0 Å². The van der Waals surface area contributed by atoms with Crippen molar-refractivity contribution in [3.8, 4) is 11.3 Å². The normalized spacial score (nSPS) is 11.6. The molecule has 0 aliphatic carbocycles. The minimum absolute atomic E-state index is 0.0247. The van der Waals surface area contributed by atoms with Gasteiger partial charge in [0.05, 0.1) is 4.92 Å². The first-order valence-corrected chi connectivity index (χ1v) is 16.6. The summed E-state index contributed by atoms with van der Waals surface area (Å²) in [4.78, 5) is 51.4. The second kappa shape index (κ2) is 16.1. The molecule has 1 atom stereocenters. The predicted octanol–water partition coefficient (Wildman–Crippen LogP) is 8.74. The minimum Gasteiger partial charge on any atom is -0.457 e. The van der Waals surface area contributed by atoms with Gasteiger partial charge in [-0.2, -0.15) is 0 Å². The fourth-order valence-electron chi connectivity index (χ4n) is 5.00. The Morgan fingerprint density at radius 3 is 1.92 bits per heavy atom. The van der Waals surface area contributed by atoms with Crippen molar-refractivity contribution in [1.82, 2.24) is 5.32 Å². The molecule has 0 radical (unpaired) electrons. The van der Waals surface area contributed by atoms with E-state index in [0.29, 0.717) is 28.5 Å². The van der Waals surface area contributed by atoms with Crippen LogP contribution in [-0.4, -0.2) is 22.6 Å². The molecule has 1 heterocycles. The van der Waals surface area contributed by atoms with Crippen LogP contribution in [-0.2, 0) is 9.59 Å². The molecule has 51 heavy (non-hydrogen) atoms. The van der Waals surface area contributed by atoms with Gasteiger partial charge in [0.15, 0.2) is 0 Å². The van der Waals surface area contributed by atoms with Crippen LogP contribution in [0.3, 0.4) is 0 Å². The molecule has 0 aliphatic heterocycles. The Morgan fingerprint density at radius 2 is 1.27 bits per heavy atom. The van der Waals surface area contributed by atoms with Gasteiger partial charge >= 0.3 is 0 Å². The number of nitro benzene ring substituents is 1. The van der Waals surface area contributed by atoms with Crippen molar-refractivity contribution in [2.75, 3.05) is 10.6 Å². The third-order valence-corrected chi connectivity index (χ3v) is 8.82. The lowest BCUT2D eigenvalue weighted by atomic mass is 10.1. The Kier molecular flexibility index (Phi) is 10.8. The molecule has 0 fully saturated rings. The Labute approximate surface area is 297 Å². The monoisotopic (exact) mass is 694 g/mol. The van der Waals surface area contributed by atoms with Crippen LogP contribution in [0.5, 0.6) is 0 Å². The average molecular weight is 695 g/mol. The molecule has 5 aromatic carbocycles. The van der Waals surface area contributed by atoms with Crippen molar-refractivity contribution in [2.24, 2.45) is 0 Å². The van der Waals surface area contributed by atoms with E-state index in [4.69, 9.17) is 4.42 Å².